The van der Waals surface area contributed by atoms with E-state index in [2.05, 4.69) is 5.32 Å². The second-order valence-corrected chi connectivity index (χ2v) is 10.3. The van der Waals surface area contributed by atoms with Crippen molar-refractivity contribution in [1.29, 1.82) is 0 Å². The Kier molecular flexibility index (Phi) is 6.64. The lowest BCUT2D eigenvalue weighted by atomic mass is 9.94. The van der Waals surface area contributed by atoms with E-state index in [0.29, 0.717) is 22.6 Å². The number of sulfone groups is 1. The number of hydrogen-bond acceptors (Lipinski definition) is 3. The van der Waals surface area contributed by atoms with Crippen molar-refractivity contribution in [2.75, 3.05) is 0 Å². The minimum Gasteiger partial charge on any atom is -0.347 e. The summed E-state index contributed by atoms with van der Waals surface area (Å²) in [5.74, 6) is -0.424. The molecule has 6 heteroatoms. The van der Waals surface area contributed by atoms with E-state index >= 15 is 0 Å². The van der Waals surface area contributed by atoms with Crippen molar-refractivity contribution in [3.63, 3.8) is 0 Å². The van der Waals surface area contributed by atoms with Crippen LogP contribution in [0.3, 0.4) is 0 Å². The van der Waals surface area contributed by atoms with Crippen LogP contribution in [0.2, 0.25) is 5.02 Å². The van der Waals surface area contributed by atoms with Gasteiger partial charge in [-0.1, -0.05) is 60.1 Å². The first-order valence-electron chi connectivity index (χ1n) is 9.59. The zero-order valence-electron chi connectivity index (χ0n) is 16.9. The molecule has 0 saturated heterocycles. The Morgan fingerprint density at radius 1 is 0.933 bits per heavy atom. The molecule has 0 unspecified atom stereocenters. The molecule has 0 atom stereocenters. The van der Waals surface area contributed by atoms with Crippen molar-refractivity contribution in [2.24, 2.45) is 0 Å². The van der Waals surface area contributed by atoms with Gasteiger partial charge in [0.2, 0.25) is 0 Å². The average molecular weight is 442 g/mol. The van der Waals surface area contributed by atoms with Gasteiger partial charge < -0.3 is 5.32 Å². The van der Waals surface area contributed by atoms with E-state index in [1.165, 1.54) is 0 Å². The fourth-order valence-corrected chi connectivity index (χ4v) is 4.83. The molecule has 0 aliphatic rings. The van der Waals surface area contributed by atoms with Gasteiger partial charge in [0, 0.05) is 16.1 Å². The smallest absolute Gasteiger partial charge is 0.251 e. The quantitative estimate of drug-likeness (QED) is 0.557. The summed E-state index contributed by atoms with van der Waals surface area (Å²) in [5, 5.41) is 3.68. The van der Waals surface area contributed by atoms with Crippen molar-refractivity contribution >= 4 is 27.3 Å². The third kappa shape index (κ3) is 5.71. The number of rotatable bonds is 7. The van der Waals surface area contributed by atoms with Crippen molar-refractivity contribution < 1.29 is 13.2 Å². The molecule has 0 saturated carbocycles. The van der Waals surface area contributed by atoms with Crippen molar-refractivity contribution in [2.45, 2.75) is 36.5 Å². The zero-order chi connectivity index (χ0) is 21.8. The van der Waals surface area contributed by atoms with E-state index in [4.69, 9.17) is 11.6 Å². The van der Waals surface area contributed by atoms with Gasteiger partial charge in [0.1, 0.15) is 0 Å². The van der Waals surface area contributed by atoms with E-state index < -0.39 is 15.4 Å². The van der Waals surface area contributed by atoms with Crippen LogP contribution in [-0.2, 0) is 22.0 Å². The highest BCUT2D eigenvalue weighted by atomic mass is 35.5. The molecule has 0 heterocycles. The number of hydrogen-bond donors (Lipinski definition) is 1. The molecular formula is C24H24ClNO3S. The summed E-state index contributed by atoms with van der Waals surface area (Å²) >= 11 is 6.25. The van der Waals surface area contributed by atoms with Gasteiger partial charge in [-0.3, -0.25) is 4.79 Å². The van der Waals surface area contributed by atoms with Gasteiger partial charge in [0.25, 0.3) is 5.91 Å². The van der Waals surface area contributed by atoms with Crippen LogP contribution in [0.15, 0.2) is 83.8 Å². The molecule has 0 bridgehead atoms. The molecule has 3 aromatic rings. The Morgan fingerprint density at radius 3 is 2.30 bits per heavy atom. The fraction of sp³-hybridized carbons (Fsp3) is 0.208. The number of amides is 1. The molecule has 0 aromatic heterocycles. The number of carbonyl (C=O) groups excluding carboxylic acids is 1. The highest BCUT2D eigenvalue weighted by Crippen LogP contribution is 2.22. The minimum absolute atomic E-state index is 0.166. The van der Waals surface area contributed by atoms with Gasteiger partial charge in [-0.15, -0.1) is 0 Å². The van der Waals surface area contributed by atoms with Gasteiger partial charge in [-0.25, -0.2) is 8.42 Å². The summed E-state index contributed by atoms with van der Waals surface area (Å²) in [5.41, 5.74) is 1.40. The van der Waals surface area contributed by atoms with E-state index in [-0.39, 0.29) is 16.6 Å². The summed E-state index contributed by atoms with van der Waals surface area (Å²) in [7, 11) is -3.48. The molecule has 3 rings (SSSR count). The van der Waals surface area contributed by atoms with Crippen molar-refractivity contribution in [3.05, 3.63) is 101 Å². The van der Waals surface area contributed by atoms with Crippen LogP contribution >= 0.6 is 11.6 Å². The second-order valence-electron chi connectivity index (χ2n) is 7.88. The van der Waals surface area contributed by atoms with E-state index in [1.807, 2.05) is 38.1 Å². The largest absolute Gasteiger partial charge is 0.347 e. The van der Waals surface area contributed by atoms with Crippen LogP contribution in [0.25, 0.3) is 0 Å². The highest BCUT2D eigenvalue weighted by molar-refractivity contribution is 7.90. The Morgan fingerprint density at radius 2 is 1.60 bits per heavy atom. The molecule has 3 aromatic carbocycles. The summed E-state index contributed by atoms with van der Waals surface area (Å²) in [6, 6.07) is 22.6. The Hall–Kier alpha value is -2.63. The normalized spacial score (nSPS) is 11.8. The molecule has 0 aliphatic carbocycles. The van der Waals surface area contributed by atoms with Gasteiger partial charge in [-0.05, 0) is 61.7 Å². The molecule has 30 heavy (non-hydrogen) atoms. The summed E-state index contributed by atoms with van der Waals surface area (Å²) in [6.07, 6.45) is 0.570. The molecular weight excluding hydrogens is 418 g/mol. The standard InChI is InChI=1S/C24H24ClNO3S/c1-24(2,16-20-10-6-7-14-22(20)25)26-23(27)19-11-8-9-18(15-19)17-30(28,29)21-12-4-3-5-13-21/h3-15H,16-17H2,1-2H3,(H,26,27). The first-order valence-corrected chi connectivity index (χ1v) is 11.6. The molecule has 0 aliphatic heterocycles. The highest BCUT2D eigenvalue weighted by Gasteiger charge is 2.23. The lowest BCUT2D eigenvalue weighted by molar-refractivity contribution is 0.0913. The van der Waals surface area contributed by atoms with E-state index in [0.717, 1.165) is 5.56 Å². The molecule has 1 amide bonds. The number of nitrogens with one attached hydrogen (secondary N) is 1. The topological polar surface area (TPSA) is 63.2 Å². The molecule has 0 fully saturated rings. The molecule has 0 spiro atoms. The van der Waals surface area contributed by atoms with E-state index in [1.54, 1.807) is 54.6 Å². The monoisotopic (exact) mass is 441 g/mol. The predicted octanol–water partition coefficient (Wildman–Crippen LogP) is 5.07. The molecule has 1 N–H and O–H groups in total. The maximum atomic E-state index is 12.8. The first kappa shape index (κ1) is 22.1. The first-order chi connectivity index (χ1) is 14.2. The lowest BCUT2D eigenvalue weighted by Gasteiger charge is -2.27. The third-order valence-corrected chi connectivity index (χ3v) is 6.76. The summed E-state index contributed by atoms with van der Waals surface area (Å²) in [6.45, 7) is 3.86. The molecule has 156 valence electrons. The number of benzene rings is 3. The minimum atomic E-state index is -3.48. The number of halogens is 1. The van der Waals surface area contributed by atoms with Crippen LogP contribution in [0.1, 0.15) is 35.3 Å². The summed E-state index contributed by atoms with van der Waals surface area (Å²) < 4.78 is 25.3. The van der Waals surface area contributed by atoms with Crippen LogP contribution in [0, 0.1) is 0 Å². The third-order valence-electron chi connectivity index (χ3n) is 4.69. The maximum absolute atomic E-state index is 12.8. The maximum Gasteiger partial charge on any atom is 0.251 e. The lowest BCUT2D eigenvalue weighted by Crippen LogP contribution is -2.45. The second kappa shape index (κ2) is 9.02. The number of carbonyl (C=O) groups is 1. The van der Waals surface area contributed by atoms with Crippen molar-refractivity contribution in [3.8, 4) is 0 Å². The molecule has 0 radical (unpaired) electrons. The zero-order valence-corrected chi connectivity index (χ0v) is 18.5. The van der Waals surface area contributed by atoms with Crippen molar-refractivity contribution in [1.82, 2.24) is 5.32 Å². The van der Waals surface area contributed by atoms with E-state index in [9.17, 15) is 13.2 Å². The average Bonchev–Trinajstić information content (AvgIpc) is 2.70. The van der Waals surface area contributed by atoms with Gasteiger partial charge in [-0.2, -0.15) is 0 Å². The fourth-order valence-electron chi connectivity index (χ4n) is 3.27. The molecule has 4 nitrogen and oxygen atoms in total. The van der Waals surface area contributed by atoms with Gasteiger partial charge >= 0.3 is 0 Å². The van der Waals surface area contributed by atoms with Crippen LogP contribution in [0.4, 0.5) is 0 Å². The predicted molar refractivity (Wildman–Crippen MR) is 120 cm³/mol. The SMILES string of the molecule is CC(C)(Cc1ccccc1Cl)NC(=O)c1cccc(CS(=O)(=O)c2ccccc2)c1. The van der Waals surface area contributed by atoms with Gasteiger partial charge in [0.05, 0.1) is 10.6 Å². The van der Waals surface area contributed by atoms with Crippen LogP contribution in [0.5, 0.6) is 0 Å². The Labute approximate surface area is 182 Å². The van der Waals surface area contributed by atoms with Gasteiger partial charge in [0.15, 0.2) is 9.84 Å². The summed E-state index contributed by atoms with van der Waals surface area (Å²) in [4.78, 5) is 13.1. The Bertz CT molecular complexity index is 1140. The Balaban J connectivity index is 1.73. The van der Waals surface area contributed by atoms with Crippen LogP contribution in [-0.4, -0.2) is 19.9 Å². The van der Waals surface area contributed by atoms with Crippen LogP contribution < -0.4 is 5.32 Å².